The summed E-state index contributed by atoms with van der Waals surface area (Å²) in [6, 6.07) is 14.4. The van der Waals surface area contributed by atoms with Crippen LogP contribution in [0.1, 0.15) is 22.0 Å². The summed E-state index contributed by atoms with van der Waals surface area (Å²) < 4.78 is 5.32. The van der Waals surface area contributed by atoms with E-state index in [4.69, 9.17) is 9.40 Å². The summed E-state index contributed by atoms with van der Waals surface area (Å²) in [6.07, 6.45) is 2.64. The van der Waals surface area contributed by atoms with E-state index in [0.717, 1.165) is 29.4 Å². The summed E-state index contributed by atoms with van der Waals surface area (Å²) in [5.41, 5.74) is 2.48. The lowest BCUT2D eigenvalue weighted by molar-refractivity contribution is 0.530. The van der Waals surface area contributed by atoms with E-state index >= 15 is 0 Å². The van der Waals surface area contributed by atoms with Gasteiger partial charge in [-0.05, 0) is 17.7 Å². The van der Waals surface area contributed by atoms with Crippen LogP contribution in [0.15, 0.2) is 58.5 Å². The minimum Gasteiger partial charge on any atom is -0.468 e. The number of nitrogens with zero attached hydrogens (tertiary/aromatic N) is 1. The van der Waals surface area contributed by atoms with Crippen molar-refractivity contribution >= 4 is 23.1 Å². The van der Waals surface area contributed by atoms with Gasteiger partial charge in [0.2, 0.25) is 0 Å². The Labute approximate surface area is 126 Å². The first kappa shape index (κ1) is 13.5. The zero-order chi connectivity index (χ0) is 13.6. The first-order valence-corrected chi connectivity index (χ1v) is 8.51. The molecule has 4 heteroatoms. The molecule has 20 heavy (non-hydrogen) atoms. The van der Waals surface area contributed by atoms with Crippen LogP contribution < -0.4 is 0 Å². The molecule has 0 atom stereocenters. The number of aromatic nitrogens is 1. The third-order valence-corrected chi connectivity index (χ3v) is 4.76. The number of thioether (sulfide) groups is 1. The van der Waals surface area contributed by atoms with Gasteiger partial charge in [-0.15, -0.1) is 23.1 Å². The van der Waals surface area contributed by atoms with Crippen molar-refractivity contribution in [1.29, 1.82) is 0 Å². The Hall–Kier alpha value is -1.52. The predicted molar refractivity (Wildman–Crippen MR) is 85.1 cm³/mol. The molecule has 0 unspecified atom stereocenters. The maximum atomic E-state index is 5.32. The van der Waals surface area contributed by atoms with Crippen LogP contribution in [0.4, 0.5) is 0 Å². The van der Waals surface area contributed by atoms with Crippen molar-refractivity contribution in [2.75, 3.05) is 0 Å². The quantitative estimate of drug-likeness (QED) is 0.656. The Morgan fingerprint density at radius 2 is 1.95 bits per heavy atom. The van der Waals surface area contributed by atoms with E-state index in [1.165, 1.54) is 10.6 Å². The van der Waals surface area contributed by atoms with E-state index in [-0.39, 0.29) is 0 Å². The van der Waals surface area contributed by atoms with Gasteiger partial charge in [0.05, 0.1) is 22.7 Å². The molecule has 2 heterocycles. The van der Waals surface area contributed by atoms with Crippen LogP contribution in [0, 0.1) is 0 Å². The standard InChI is InChI=1S/C16H15NOS2/c1-2-5-13(6-3-1)9-16-17-14(11-20-16)10-19-12-15-7-4-8-18-15/h1-8,11H,9-10,12H2. The maximum Gasteiger partial charge on any atom is 0.113 e. The molecule has 0 aliphatic carbocycles. The average Bonchev–Trinajstić information content (AvgIpc) is 3.12. The topological polar surface area (TPSA) is 26.0 Å². The molecule has 2 nitrogen and oxygen atoms in total. The second kappa shape index (κ2) is 6.77. The minimum absolute atomic E-state index is 0.901. The number of furan rings is 1. The molecule has 1 aromatic carbocycles. The Kier molecular flexibility index (Phi) is 4.56. The molecule has 0 saturated carbocycles. The van der Waals surface area contributed by atoms with Gasteiger partial charge in [0.15, 0.2) is 0 Å². The van der Waals surface area contributed by atoms with Crippen molar-refractivity contribution in [3.63, 3.8) is 0 Å². The normalized spacial score (nSPS) is 10.8. The summed E-state index contributed by atoms with van der Waals surface area (Å²) in [5.74, 6) is 2.86. The fourth-order valence-electron chi connectivity index (χ4n) is 1.92. The first-order chi connectivity index (χ1) is 9.90. The lowest BCUT2D eigenvalue weighted by Gasteiger charge is -1.97. The number of thiazole rings is 1. The van der Waals surface area contributed by atoms with E-state index in [1.807, 2.05) is 30.0 Å². The van der Waals surface area contributed by atoms with Crippen molar-refractivity contribution in [3.05, 3.63) is 76.1 Å². The smallest absolute Gasteiger partial charge is 0.113 e. The number of hydrogen-bond acceptors (Lipinski definition) is 4. The molecule has 0 radical (unpaired) electrons. The third-order valence-electron chi connectivity index (χ3n) is 2.87. The van der Waals surface area contributed by atoms with Gasteiger partial charge >= 0.3 is 0 Å². The Bertz CT molecular complexity index is 632. The van der Waals surface area contributed by atoms with Crippen molar-refractivity contribution in [2.24, 2.45) is 0 Å². The van der Waals surface area contributed by atoms with Crippen LogP contribution in [0.25, 0.3) is 0 Å². The fraction of sp³-hybridized carbons (Fsp3) is 0.188. The highest BCUT2D eigenvalue weighted by molar-refractivity contribution is 7.97. The first-order valence-electron chi connectivity index (χ1n) is 6.47. The lowest BCUT2D eigenvalue weighted by Crippen LogP contribution is -1.88. The van der Waals surface area contributed by atoms with Gasteiger partial charge in [0.1, 0.15) is 5.76 Å². The monoisotopic (exact) mass is 301 g/mol. The van der Waals surface area contributed by atoms with E-state index in [1.54, 1.807) is 17.6 Å². The van der Waals surface area contributed by atoms with E-state index in [9.17, 15) is 0 Å². The molecule has 0 fully saturated rings. The zero-order valence-electron chi connectivity index (χ0n) is 11.0. The van der Waals surface area contributed by atoms with Crippen molar-refractivity contribution in [1.82, 2.24) is 4.98 Å². The average molecular weight is 301 g/mol. The molecule has 3 aromatic rings. The van der Waals surface area contributed by atoms with Crippen molar-refractivity contribution < 1.29 is 4.42 Å². The molecule has 0 aliphatic rings. The van der Waals surface area contributed by atoms with Crippen LogP contribution in [0.2, 0.25) is 0 Å². The number of hydrogen-bond donors (Lipinski definition) is 0. The highest BCUT2D eigenvalue weighted by Crippen LogP contribution is 2.21. The molecule has 0 saturated heterocycles. The van der Waals surface area contributed by atoms with E-state index in [2.05, 4.69) is 29.6 Å². The minimum atomic E-state index is 0.901. The van der Waals surface area contributed by atoms with Crippen LogP contribution >= 0.6 is 23.1 Å². The number of benzene rings is 1. The third kappa shape index (κ3) is 3.74. The van der Waals surface area contributed by atoms with Crippen LogP contribution in [0.3, 0.4) is 0 Å². The molecule has 102 valence electrons. The summed E-state index contributed by atoms with van der Waals surface area (Å²) in [4.78, 5) is 4.69. The second-order valence-electron chi connectivity index (χ2n) is 4.47. The fourth-order valence-corrected chi connectivity index (χ4v) is 3.68. The maximum absolute atomic E-state index is 5.32. The predicted octanol–water partition coefficient (Wildman–Crippen LogP) is 4.76. The Morgan fingerprint density at radius 1 is 1.05 bits per heavy atom. The van der Waals surface area contributed by atoms with E-state index < -0.39 is 0 Å². The summed E-state index contributed by atoms with van der Waals surface area (Å²) >= 11 is 3.58. The van der Waals surface area contributed by atoms with Gasteiger partial charge in [0.25, 0.3) is 0 Å². The highest BCUT2D eigenvalue weighted by Gasteiger charge is 2.04. The summed E-state index contributed by atoms with van der Waals surface area (Å²) in [5, 5.41) is 3.35. The highest BCUT2D eigenvalue weighted by atomic mass is 32.2. The van der Waals surface area contributed by atoms with Crippen molar-refractivity contribution in [3.8, 4) is 0 Å². The Morgan fingerprint density at radius 3 is 2.75 bits per heavy atom. The van der Waals surface area contributed by atoms with Crippen LogP contribution in [-0.4, -0.2) is 4.98 Å². The van der Waals surface area contributed by atoms with Crippen molar-refractivity contribution in [2.45, 2.75) is 17.9 Å². The second-order valence-corrected chi connectivity index (χ2v) is 6.40. The molecule has 3 rings (SSSR count). The van der Waals surface area contributed by atoms with E-state index in [0.29, 0.717) is 0 Å². The number of rotatable bonds is 6. The molecule has 2 aromatic heterocycles. The molecular formula is C16H15NOS2. The molecule has 0 spiro atoms. The van der Waals surface area contributed by atoms with Crippen LogP contribution in [0.5, 0.6) is 0 Å². The SMILES string of the molecule is c1ccc(Cc2nc(CSCc3ccco3)cs2)cc1. The van der Waals surface area contributed by atoms with Crippen LogP contribution in [-0.2, 0) is 17.9 Å². The van der Waals surface area contributed by atoms with Gasteiger partial charge in [-0.25, -0.2) is 4.98 Å². The van der Waals surface area contributed by atoms with Gasteiger partial charge in [0, 0.05) is 17.6 Å². The largest absolute Gasteiger partial charge is 0.468 e. The molecule has 0 bridgehead atoms. The van der Waals surface area contributed by atoms with Gasteiger partial charge in [-0.1, -0.05) is 30.3 Å². The zero-order valence-corrected chi connectivity index (χ0v) is 12.6. The molecular weight excluding hydrogens is 286 g/mol. The molecule has 0 amide bonds. The van der Waals surface area contributed by atoms with Gasteiger partial charge < -0.3 is 4.42 Å². The lowest BCUT2D eigenvalue weighted by atomic mass is 10.2. The van der Waals surface area contributed by atoms with Gasteiger partial charge in [-0.2, -0.15) is 0 Å². The molecule has 0 N–H and O–H groups in total. The molecule has 0 aliphatic heterocycles. The summed E-state index contributed by atoms with van der Waals surface area (Å²) in [6.45, 7) is 0. The van der Waals surface area contributed by atoms with Gasteiger partial charge in [-0.3, -0.25) is 0 Å². The summed E-state index contributed by atoms with van der Waals surface area (Å²) in [7, 11) is 0. The Balaban J connectivity index is 1.52.